The van der Waals surface area contributed by atoms with Crippen molar-refractivity contribution in [3.05, 3.63) is 22.4 Å². The summed E-state index contributed by atoms with van der Waals surface area (Å²) in [5, 5.41) is 5.84. The van der Waals surface area contributed by atoms with Crippen molar-refractivity contribution >= 4 is 23.5 Å². The van der Waals surface area contributed by atoms with Gasteiger partial charge in [0, 0.05) is 17.0 Å². The lowest BCUT2D eigenvalue weighted by Gasteiger charge is -2.32. The van der Waals surface area contributed by atoms with Gasteiger partial charge in [-0.05, 0) is 46.1 Å². The molecule has 1 aromatic rings. The second-order valence-corrected chi connectivity index (χ2v) is 5.91. The van der Waals surface area contributed by atoms with Crippen molar-refractivity contribution in [3.63, 3.8) is 0 Å². The Morgan fingerprint density at radius 2 is 1.95 bits per heavy atom. The minimum absolute atomic E-state index is 0.0340. The quantitative estimate of drug-likeness (QED) is 0.594. The van der Waals surface area contributed by atoms with E-state index in [9.17, 15) is 4.79 Å². The number of oxime groups is 1. The van der Waals surface area contributed by atoms with Gasteiger partial charge in [0.1, 0.15) is 0 Å². The van der Waals surface area contributed by atoms with Crippen molar-refractivity contribution in [2.45, 2.75) is 52.8 Å². The first kappa shape index (κ1) is 15.7. The van der Waals surface area contributed by atoms with Gasteiger partial charge >= 0.3 is 0 Å². The van der Waals surface area contributed by atoms with Crippen molar-refractivity contribution in [3.8, 4) is 0 Å². The summed E-state index contributed by atoms with van der Waals surface area (Å²) in [6.07, 6.45) is 1.06. The van der Waals surface area contributed by atoms with Gasteiger partial charge in [0.2, 0.25) is 6.10 Å². The molecule has 0 bridgehead atoms. The molecule has 1 unspecified atom stereocenters. The molecule has 0 saturated carbocycles. The van der Waals surface area contributed by atoms with Gasteiger partial charge in [-0.15, -0.1) is 11.3 Å². The van der Waals surface area contributed by atoms with Crippen LogP contribution in [0.2, 0.25) is 0 Å². The van der Waals surface area contributed by atoms with Crippen LogP contribution in [0, 0.1) is 0 Å². The van der Waals surface area contributed by atoms with Gasteiger partial charge in [-0.2, -0.15) is 0 Å². The molecule has 1 heterocycles. The van der Waals surface area contributed by atoms with E-state index in [1.807, 2.05) is 50.1 Å². The smallest absolute Gasteiger partial charge is 0.266 e. The molecule has 0 fully saturated rings. The average molecular weight is 282 g/mol. The Kier molecular flexibility index (Phi) is 6.02. The summed E-state index contributed by atoms with van der Waals surface area (Å²) in [6.45, 7) is 9.73. The van der Waals surface area contributed by atoms with Crippen molar-refractivity contribution in [2.75, 3.05) is 0 Å². The maximum Gasteiger partial charge on any atom is 0.266 e. The van der Waals surface area contributed by atoms with Gasteiger partial charge in [0.15, 0.2) is 0 Å². The topological polar surface area (TPSA) is 41.9 Å². The van der Waals surface area contributed by atoms with Gasteiger partial charge in [-0.25, -0.2) is 0 Å². The molecule has 0 saturated heterocycles. The standard InChI is InChI=1S/C14H22N2O2S/c1-10(2)16(11(3)4)14(17)12(5)18-15-9-13-7-6-8-19-13/h6-12H,1-5H3/b15-9+. The fraction of sp³-hybridized carbons (Fsp3) is 0.571. The van der Waals surface area contributed by atoms with Crippen LogP contribution in [0.1, 0.15) is 39.5 Å². The number of thiophene rings is 1. The van der Waals surface area contributed by atoms with E-state index in [1.165, 1.54) is 0 Å². The van der Waals surface area contributed by atoms with Crippen LogP contribution in [0.25, 0.3) is 0 Å². The Hall–Kier alpha value is -1.36. The number of hydrogen-bond donors (Lipinski definition) is 0. The zero-order valence-electron chi connectivity index (χ0n) is 12.2. The summed E-state index contributed by atoms with van der Waals surface area (Å²) < 4.78 is 0. The summed E-state index contributed by atoms with van der Waals surface area (Å²) in [7, 11) is 0. The van der Waals surface area contributed by atoms with E-state index >= 15 is 0 Å². The maximum atomic E-state index is 12.2. The molecule has 1 amide bonds. The number of nitrogens with zero attached hydrogens (tertiary/aromatic N) is 2. The first-order valence-electron chi connectivity index (χ1n) is 6.48. The van der Waals surface area contributed by atoms with Gasteiger partial charge in [-0.1, -0.05) is 11.2 Å². The molecule has 1 aromatic heterocycles. The van der Waals surface area contributed by atoms with E-state index in [0.717, 1.165) is 4.88 Å². The zero-order valence-corrected chi connectivity index (χ0v) is 13.0. The Morgan fingerprint density at radius 3 is 2.42 bits per heavy atom. The molecule has 0 N–H and O–H groups in total. The predicted octanol–water partition coefficient (Wildman–Crippen LogP) is 3.13. The average Bonchev–Trinajstić information content (AvgIpc) is 2.80. The van der Waals surface area contributed by atoms with E-state index in [2.05, 4.69) is 5.16 Å². The van der Waals surface area contributed by atoms with E-state index in [-0.39, 0.29) is 18.0 Å². The second kappa shape index (κ2) is 7.28. The minimum atomic E-state index is -0.569. The Bertz CT molecular complexity index is 405. The normalized spacial score (nSPS) is 13.2. The summed E-state index contributed by atoms with van der Waals surface area (Å²) in [4.78, 5) is 20.3. The Balaban J connectivity index is 2.56. The summed E-state index contributed by atoms with van der Waals surface area (Å²) in [6, 6.07) is 4.19. The largest absolute Gasteiger partial charge is 0.383 e. The summed E-state index contributed by atoms with van der Waals surface area (Å²) >= 11 is 1.57. The molecular weight excluding hydrogens is 260 g/mol. The van der Waals surface area contributed by atoms with Gasteiger partial charge < -0.3 is 9.74 Å². The minimum Gasteiger partial charge on any atom is -0.383 e. The molecule has 0 aliphatic carbocycles. The number of carbonyl (C=O) groups excluding carboxylic acids is 1. The van der Waals surface area contributed by atoms with Crippen molar-refractivity contribution in [1.82, 2.24) is 4.90 Å². The van der Waals surface area contributed by atoms with Crippen LogP contribution in [-0.4, -0.2) is 35.2 Å². The van der Waals surface area contributed by atoms with Gasteiger partial charge in [-0.3, -0.25) is 4.79 Å². The second-order valence-electron chi connectivity index (χ2n) is 4.93. The van der Waals surface area contributed by atoms with Crippen molar-refractivity contribution in [1.29, 1.82) is 0 Å². The Morgan fingerprint density at radius 1 is 1.32 bits per heavy atom. The van der Waals surface area contributed by atoms with E-state index in [4.69, 9.17) is 4.84 Å². The van der Waals surface area contributed by atoms with Crippen LogP contribution >= 0.6 is 11.3 Å². The number of hydrogen-bond acceptors (Lipinski definition) is 4. The third-order valence-electron chi connectivity index (χ3n) is 2.66. The van der Waals surface area contributed by atoms with Crippen LogP contribution in [0.5, 0.6) is 0 Å². The number of rotatable bonds is 6. The molecule has 0 aliphatic rings. The molecule has 0 radical (unpaired) electrons. The molecule has 0 aliphatic heterocycles. The third-order valence-corrected chi connectivity index (χ3v) is 3.46. The zero-order chi connectivity index (χ0) is 14.4. The highest BCUT2D eigenvalue weighted by molar-refractivity contribution is 7.11. The highest BCUT2D eigenvalue weighted by atomic mass is 32.1. The van der Waals surface area contributed by atoms with E-state index in [0.29, 0.717) is 0 Å². The SMILES string of the molecule is CC(O/N=C/c1cccs1)C(=O)N(C(C)C)C(C)C. The van der Waals surface area contributed by atoms with Crippen molar-refractivity contribution < 1.29 is 9.63 Å². The van der Waals surface area contributed by atoms with E-state index < -0.39 is 6.10 Å². The summed E-state index contributed by atoms with van der Waals surface area (Å²) in [5.41, 5.74) is 0. The fourth-order valence-corrected chi connectivity index (χ4v) is 2.47. The summed E-state index contributed by atoms with van der Waals surface area (Å²) in [5.74, 6) is -0.0340. The van der Waals surface area contributed by atoms with Crippen molar-refractivity contribution in [2.24, 2.45) is 5.16 Å². The number of carbonyl (C=O) groups is 1. The van der Waals surface area contributed by atoms with E-state index in [1.54, 1.807) is 24.5 Å². The molecule has 1 rings (SSSR count). The molecule has 19 heavy (non-hydrogen) atoms. The highest BCUT2D eigenvalue weighted by Gasteiger charge is 2.26. The van der Waals surface area contributed by atoms with Gasteiger partial charge in [0.05, 0.1) is 6.21 Å². The van der Waals surface area contributed by atoms with Crippen LogP contribution in [0.4, 0.5) is 0 Å². The molecule has 4 nitrogen and oxygen atoms in total. The van der Waals surface area contributed by atoms with Crippen LogP contribution in [-0.2, 0) is 9.63 Å². The fourth-order valence-electron chi connectivity index (χ4n) is 1.90. The first-order chi connectivity index (χ1) is 8.93. The molecule has 0 spiro atoms. The molecule has 1 atom stereocenters. The lowest BCUT2D eigenvalue weighted by Crippen LogP contribution is -2.46. The predicted molar refractivity (Wildman–Crippen MR) is 79.6 cm³/mol. The van der Waals surface area contributed by atoms with Crippen LogP contribution in [0.3, 0.4) is 0 Å². The first-order valence-corrected chi connectivity index (χ1v) is 7.36. The Labute approximate surface area is 119 Å². The van der Waals surface area contributed by atoms with Gasteiger partial charge in [0.25, 0.3) is 5.91 Å². The lowest BCUT2D eigenvalue weighted by molar-refractivity contribution is -0.146. The van der Waals surface area contributed by atoms with Crippen LogP contribution < -0.4 is 0 Å². The maximum absolute atomic E-state index is 12.2. The number of amides is 1. The van der Waals surface area contributed by atoms with Crippen LogP contribution in [0.15, 0.2) is 22.7 Å². The molecule has 0 aromatic carbocycles. The molecular formula is C14H22N2O2S. The molecule has 5 heteroatoms. The highest BCUT2D eigenvalue weighted by Crippen LogP contribution is 2.10. The monoisotopic (exact) mass is 282 g/mol. The lowest BCUT2D eigenvalue weighted by atomic mass is 10.2. The molecule has 106 valence electrons. The third kappa shape index (κ3) is 4.67.